The highest BCUT2D eigenvalue weighted by Crippen LogP contribution is 2.37. The summed E-state index contributed by atoms with van der Waals surface area (Å²) >= 11 is 2.10. The van der Waals surface area contributed by atoms with Gasteiger partial charge in [0.1, 0.15) is 0 Å². The van der Waals surface area contributed by atoms with Crippen LogP contribution >= 0.6 is 11.8 Å². The molecule has 2 aliphatic rings. The predicted octanol–water partition coefficient (Wildman–Crippen LogP) is 3.92. The largest absolute Gasteiger partial charge is 0.297 e. The number of hydrogen-bond donors (Lipinski definition) is 0. The van der Waals surface area contributed by atoms with E-state index in [4.69, 9.17) is 0 Å². The number of nitrogens with zero attached hydrogens (tertiary/aromatic N) is 2. The van der Waals surface area contributed by atoms with Crippen LogP contribution in [0.5, 0.6) is 0 Å². The fraction of sp³-hybridized carbons (Fsp3) is 0.938. The SMILES string of the molecule is CCCC1CCC(C#N)C(N2CC(C)SC(C)C2)C1. The molecule has 1 saturated heterocycles. The Morgan fingerprint density at radius 2 is 1.89 bits per heavy atom. The zero-order chi connectivity index (χ0) is 13.8. The van der Waals surface area contributed by atoms with Gasteiger partial charge in [-0.2, -0.15) is 17.0 Å². The van der Waals surface area contributed by atoms with Crippen molar-refractivity contribution in [1.29, 1.82) is 5.26 Å². The lowest BCUT2D eigenvalue weighted by molar-refractivity contribution is 0.0963. The van der Waals surface area contributed by atoms with Crippen molar-refractivity contribution in [2.45, 2.75) is 69.4 Å². The van der Waals surface area contributed by atoms with Crippen molar-refractivity contribution >= 4 is 11.8 Å². The van der Waals surface area contributed by atoms with Crippen molar-refractivity contribution in [3.63, 3.8) is 0 Å². The highest BCUT2D eigenvalue weighted by Gasteiger charge is 2.36. The fourth-order valence-electron chi connectivity index (χ4n) is 3.94. The van der Waals surface area contributed by atoms with E-state index in [9.17, 15) is 5.26 Å². The van der Waals surface area contributed by atoms with Gasteiger partial charge in [0.05, 0.1) is 12.0 Å². The molecule has 1 heterocycles. The van der Waals surface area contributed by atoms with Crippen molar-refractivity contribution in [3.05, 3.63) is 0 Å². The molecule has 0 aromatic rings. The van der Waals surface area contributed by atoms with Gasteiger partial charge in [-0.3, -0.25) is 4.90 Å². The van der Waals surface area contributed by atoms with E-state index in [1.54, 1.807) is 0 Å². The Morgan fingerprint density at radius 1 is 1.21 bits per heavy atom. The van der Waals surface area contributed by atoms with Gasteiger partial charge in [-0.15, -0.1) is 0 Å². The molecule has 0 bridgehead atoms. The maximum absolute atomic E-state index is 9.46. The fourth-order valence-corrected chi connectivity index (χ4v) is 5.29. The molecule has 0 radical (unpaired) electrons. The molecule has 2 rings (SSSR count). The molecule has 2 nitrogen and oxygen atoms in total. The minimum absolute atomic E-state index is 0.274. The Kier molecular flexibility index (Phi) is 5.59. The first-order valence-electron chi connectivity index (χ1n) is 7.93. The zero-order valence-corrected chi connectivity index (χ0v) is 13.5. The first-order valence-corrected chi connectivity index (χ1v) is 8.87. The van der Waals surface area contributed by atoms with E-state index in [0.717, 1.165) is 22.8 Å². The van der Waals surface area contributed by atoms with E-state index in [0.29, 0.717) is 6.04 Å². The van der Waals surface area contributed by atoms with E-state index in [-0.39, 0.29) is 5.92 Å². The zero-order valence-electron chi connectivity index (χ0n) is 12.6. The second-order valence-corrected chi connectivity index (χ2v) is 8.36. The van der Waals surface area contributed by atoms with Crippen LogP contribution in [-0.2, 0) is 0 Å². The second-order valence-electron chi connectivity index (χ2n) is 6.48. The van der Waals surface area contributed by atoms with Crippen molar-refractivity contribution in [1.82, 2.24) is 4.90 Å². The van der Waals surface area contributed by atoms with Crippen molar-refractivity contribution < 1.29 is 0 Å². The van der Waals surface area contributed by atoms with Gasteiger partial charge >= 0.3 is 0 Å². The minimum atomic E-state index is 0.274. The molecule has 5 unspecified atom stereocenters. The summed E-state index contributed by atoms with van der Waals surface area (Å²) in [5.41, 5.74) is 0. The lowest BCUT2D eigenvalue weighted by atomic mass is 9.76. The monoisotopic (exact) mass is 280 g/mol. The topological polar surface area (TPSA) is 27.0 Å². The van der Waals surface area contributed by atoms with Gasteiger partial charge < -0.3 is 0 Å². The molecule has 0 amide bonds. The summed E-state index contributed by atoms with van der Waals surface area (Å²) < 4.78 is 0. The number of thioether (sulfide) groups is 1. The molecule has 0 N–H and O–H groups in total. The van der Waals surface area contributed by atoms with E-state index < -0.39 is 0 Å². The predicted molar refractivity (Wildman–Crippen MR) is 83.2 cm³/mol. The van der Waals surface area contributed by atoms with E-state index in [1.165, 1.54) is 38.8 Å². The van der Waals surface area contributed by atoms with Crippen LogP contribution in [0, 0.1) is 23.2 Å². The van der Waals surface area contributed by atoms with Gasteiger partial charge in [0.15, 0.2) is 0 Å². The Hall–Kier alpha value is -0.200. The molecule has 0 aromatic heterocycles. The third kappa shape index (κ3) is 3.89. The van der Waals surface area contributed by atoms with Crippen LogP contribution in [0.3, 0.4) is 0 Å². The Balaban J connectivity index is 2.03. The molecule has 19 heavy (non-hydrogen) atoms. The molecule has 0 aromatic carbocycles. The lowest BCUT2D eigenvalue weighted by Crippen LogP contribution is -2.51. The van der Waals surface area contributed by atoms with Crippen LogP contribution in [0.15, 0.2) is 0 Å². The van der Waals surface area contributed by atoms with Gasteiger partial charge in [-0.05, 0) is 25.2 Å². The molecule has 0 spiro atoms. The smallest absolute Gasteiger partial charge is 0.0672 e. The molecule has 3 heteroatoms. The van der Waals surface area contributed by atoms with Crippen LogP contribution in [0.4, 0.5) is 0 Å². The summed E-state index contributed by atoms with van der Waals surface area (Å²) in [7, 11) is 0. The Morgan fingerprint density at radius 3 is 2.47 bits per heavy atom. The average molecular weight is 280 g/mol. The summed E-state index contributed by atoms with van der Waals surface area (Å²) in [5.74, 6) is 1.13. The normalized spacial score (nSPS) is 40.8. The van der Waals surface area contributed by atoms with E-state index >= 15 is 0 Å². The van der Waals surface area contributed by atoms with Gasteiger partial charge in [0, 0.05) is 29.6 Å². The highest BCUT2D eigenvalue weighted by atomic mass is 32.2. The highest BCUT2D eigenvalue weighted by molar-refractivity contribution is 8.00. The first kappa shape index (κ1) is 15.2. The molecule has 1 aliphatic carbocycles. The van der Waals surface area contributed by atoms with Crippen LogP contribution in [0.25, 0.3) is 0 Å². The quantitative estimate of drug-likeness (QED) is 0.784. The third-order valence-corrected chi connectivity index (χ3v) is 5.93. The lowest BCUT2D eigenvalue weighted by Gasteiger charge is -2.45. The van der Waals surface area contributed by atoms with Gasteiger partial charge in [0.2, 0.25) is 0 Å². The summed E-state index contributed by atoms with van der Waals surface area (Å²) in [6.07, 6.45) is 6.30. The van der Waals surface area contributed by atoms with Gasteiger partial charge in [-0.25, -0.2) is 0 Å². The molecule has 2 fully saturated rings. The maximum Gasteiger partial charge on any atom is 0.0672 e. The molecular formula is C16H28N2S. The molecular weight excluding hydrogens is 252 g/mol. The van der Waals surface area contributed by atoms with Crippen LogP contribution in [-0.4, -0.2) is 34.5 Å². The number of hydrogen-bond acceptors (Lipinski definition) is 3. The van der Waals surface area contributed by atoms with Crippen molar-refractivity contribution in [2.24, 2.45) is 11.8 Å². The molecule has 108 valence electrons. The Labute approximate surface area is 122 Å². The van der Waals surface area contributed by atoms with Crippen LogP contribution in [0.2, 0.25) is 0 Å². The summed E-state index contributed by atoms with van der Waals surface area (Å²) in [4.78, 5) is 2.64. The summed E-state index contributed by atoms with van der Waals surface area (Å²) in [5, 5.41) is 10.9. The average Bonchev–Trinajstić information content (AvgIpc) is 2.38. The first-order chi connectivity index (χ1) is 9.13. The molecule has 1 saturated carbocycles. The summed E-state index contributed by atoms with van der Waals surface area (Å²) in [6, 6.07) is 3.12. The van der Waals surface area contributed by atoms with Gasteiger partial charge in [0.25, 0.3) is 0 Å². The van der Waals surface area contributed by atoms with Crippen molar-refractivity contribution in [2.75, 3.05) is 13.1 Å². The standard InChI is InChI=1S/C16H28N2S/c1-4-5-14-6-7-15(9-17)16(8-14)18-10-12(2)19-13(3)11-18/h12-16H,4-8,10-11H2,1-3H3. The summed E-state index contributed by atoms with van der Waals surface area (Å²) in [6.45, 7) is 9.31. The van der Waals surface area contributed by atoms with E-state index in [1.807, 2.05) is 0 Å². The second kappa shape index (κ2) is 6.99. The molecule has 5 atom stereocenters. The number of nitriles is 1. The van der Waals surface area contributed by atoms with Crippen LogP contribution in [0.1, 0.15) is 52.9 Å². The maximum atomic E-state index is 9.46. The number of rotatable bonds is 3. The minimum Gasteiger partial charge on any atom is -0.297 e. The van der Waals surface area contributed by atoms with Gasteiger partial charge in [-0.1, -0.05) is 33.6 Å². The van der Waals surface area contributed by atoms with Crippen molar-refractivity contribution in [3.8, 4) is 6.07 Å². The van der Waals surface area contributed by atoms with Crippen LogP contribution < -0.4 is 0 Å². The van der Waals surface area contributed by atoms with E-state index in [2.05, 4.69) is 43.5 Å². The Bertz CT molecular complexity index is 315. The third-order valence-electron chi connectivity index (χ3n) is 4.70. The molecule has 1 aliphatic heterocycles.